The molecule has 2 aromatic carbocycles. The van der Waals surface area contributed by atoms with E-state index in [-0.39, 0.29) is 11.5 Å². The molecule has 0 fully saturated rings. The molecule has 25 heavy (non-hydrogen) atoms. The molecule has 0 aliphatic rings. The molecule has 3 N–H and O–H groups in total. The quantitative estimate of drug-likeness (QED) is 0.812. The number of halogens is 1. The second-order valence-corrected chi connectivity index (χ2v) is 5.73. The van der Waals surface area contributed by atoms with Gasteiger partial charge in [-0.1, -0.05) is 30.3 Å². The molecular weight excluding hydrogens is 321 g/mol. The van der Waals surface area contributed by atoms with E-state index in [1.165, 1.54) is 25.1 Å². The SMILES string of the molecule is CC(=O)Nc1ccc(F)c(C(=O)N(CCCN)Cc2ccccc2)c1. The van der Waals surface area contributed by atoms with Crippen molar-refractivity contribution >= 4 is 17.5 Å². The molecule has 0 atom stereocenters. The molecule has 0 heterocycles. The zero-order valence-corrected chi connectivity index (χ0v) is 14.2. The van der Waals surface area contributed by atoms with Crippen molar-refractivity contribution in [3.63, 3.8) is 0 Å². The second kappa shape index (κ2) is 8.94. The number of carbonyl (C=O) groups excluding carboxylic acids is 2. The van der Waals surface area contributed by atoms with Crippen molar-refractivity contribution in [3.05, 3.63) is 65.5 Å². The van der Waals surface area contributed by atoms with Crippen molar-refractivity contribution in [2.75, 3.05) is 18.4 Å². The molecule has 0 saturated carbocycles. The average molecular weight is 343 g/mol. The number of hydrogen-bond acceptors (Lipinski definition) is 3. The Hall–Kier alpha value is -2.73. The van der Waals surface area contributed by atoms with Gasteiger partial charge in [0.15, 0.2) is 0 Å². The predicted octanol–water partition coefficient (Wildman–Crippen LogP) is 2.78. The third kappa shape index (κ3) is 5.39. The number of benzene rings is 2. The molecule has 132 valence electrons. The maximum atomic E-state index is 14.2. The first kappa shape index (κ1) is 18.6. The van der Waals surface area contributed by atoms with E-state index in [4.69, 9.17) is 5.73 Å². The van der Waals surface area contributed by atoms with Crippen molar-refractivity contribution < 1.29 is 14.0 Å². The lowest BCUT2D eigenvalue weighted by molar-refractivity contribution is -0.114. The van der Waals surface area contributed by atoms with Crippen LogP contribution in [0.1, 0.15) is 29.3 Å². The fraction of sp³-hybridized carbons (Fsp3) is 0.263. The summed E-state index contributed by atoms with van der Waals surface area (Å²) in [5.41, 5.74) is 6.82. The van der Waals surface area contributed by atoms with Gasteiger partial charge < -0.3 is 16.0 Å². The van der Waals surface area contributed by atoms with Crippen LogP contribution in [0.3, 0.4) is 0 Å². The number of nitrogens with one attached hydrogen (secondary N) is 1. The van der Waals surface area contributed by atoms with E-state index >= 15 is 0 Å². The predicted molar refractivity (Wildman–Crippen MR) is 95.6 cm³/mol. The normalized spacial score (nSPS) is 10.4. The van der Waals surface area contributed by atoms with Crippen LogP contribution in [0.2, 0.25) is 0 Å². The number of rotatable bonds is 7. The monoisotopic (exact) mass is 343 g/mol. The van der Waals surface area contributed by atoms with Crippen LogP contribution in [0.15, 0.2) is 48.5 Å². The van der Waals surface area contributed by atoms with E-state index in [0.717, 1.165) is 5.56 Å². The van der Waals surface area contributed by atoms with Gasteiger partial charge in [-0.3, -0.25) is 9.59 Å². The second-order valence-electron chi connectivity index (χ2n) is 5.73. The summed E-state index contributed by atoms with van der Waals surface area (Å²) in [5.74, 6) is -1.33. The molecule has 2 aromatic rings. The van der Waals surface area contributed by atoms with Gasteiger partial charge in [-0.15, -0.1) is 0 Å². The van der Waals surface area contributed by atoms with Crippen LogP contribution < -0.4 is 11.1 Å². The van der Waals surface area contributed by atoms with Gasteiger partial charge in [0.25, 0.3) is 5.91 Å². The van der Waals surface area contributed by atoms with Crippen LogP contribution in [0.25, 0.3) is 0 Å². The van der Waals surface area contributed by atoms with Gasteiger partial charge >= 0.3 is 0 Å². The molecule has 2 rings (SSSR count). The summed E-state index contributed by atoms with van der Waals surface area (Å²) >= 11 is 0. The van der Waals surface area contributed by atoms with Gasteiger partial charge in [-0.2, -0.15) is 0 Å². The fourth-order valence-corrected chi connectivity index (χ4v) is 2.48. The molecule has 0 aliphatic carbocycles. The summed E-state index contributed by atoms with van der Waals surface area (Å²) < 4.78 is 14.2. The topological polar surface area (TPSA) is 75.4 Å². The first-order valence-electron chi connectivity index (χ1n) is 8.11. The maximum Gasteiger partial charge on any atom is 0.257 e. The van der Waals surface area contributed by atoms with Crippen molar-refractivity contribution in [1.29, 1.82) is 0 Å². The van der Waals surface area contributed by atoms with Crippen molar-refractivity contribution in [1.82, 2.24) is 4.90 Å². The Kier molecular flexibility index (Phi) is 6.65. The Bertz CT molecular complexity index is 735. The first-order chi connectivity index (χ1) is 12.0. The lowest BCUT2D eigenvalue weighted by Crippen LogP contribution is -2.33. The fourth-order valence-electron chi connectivity index (χ4n) is 2.48. The Morgan fingerprint density at radius 2 is 1.88 bits per heavy atom. The molecule has 5 nitrogen and oxygen atoms in total. The molecule has 0 bridgehead atoms. The minimum atomic E-state index is -0.620. The molecule has 6 heteroatoms. The average Bonchev–Trinajstić information content (AvgIpc) is 2.60. The maximum absolute atomic E-state index is 14.2. The minimum absolute atomic E-state index is 0.0702. The minimum Gasteiger partial charge on any atom is -0.334 e. The van der Waals surface area contributed by atoms with Gasteiger partial charge in [0.05, 0.1) is 5.56 Å². The Morgan fingerprint density at radius 1 is 1.16 bits per heavy atom. The molecule has 0 aliphatic heterocycles. The lowest BCUT2D eigenvalue weighted by atomic mass is 10.1. The third-order valence-corrected chi connectivity index (χ3v) is 3.65. The third-order valence-electron chi connectivity index (χ3n) is 3.65. The summed E-state index contributed by atoms with van der Waals surface area (Å²) in [5, 5.41) is 2.56. The van der Waals surface area contributed by atoms with E-state index in [9.17, 15) is 14.0 Å². The van der Waals surface area contributed by atoms with Crippen LogP contribution in [0.4, 0.5) is 10.1 Å². The molecule has 0 aromatic heterocycles. The van der Waals surface area contributed by atoms with Crippen LogP contribution in [0, 0.1) is 5.82 Å². The van der Waals surface area contributed by atoms with Crippen LogP contribution in [-0.4, -0.2) is 29.8 Å². The standard InChI is InChI=1S/C19H22FN3O2/c1-14(24)22-16-8-9-18(20)17(12-16)19(25)23(11-5-10-21)13-15-6-3-2-4-7-15/h2-4,6-9,12H,5,10-11,13,21H2,1H3,(H,22,24). The van der Waals surface area contributed by atoms with Crippen LogP contribution in [-0.2, 0) is 11.3 Å². The number of hydrogen-bond donors (Lipinski definition) is 2. The number of anilines is 1. The van der Waals surface area contributed by atoms with Gasteiger partial charge in [-0.05, 0) is 36.7 Å². The number of carbonyl (C=O) groups is 2. The van der Waals surface area contributed by atoms with E-state index in [1.807, 2.05) is 30.3 Å². The summed E-state index contributed by atoms with van der Waals surface area (Å²) in [6, 6.07) is 13.5. The largest absolute Gasteiger partial charge is 0.334 e. The highest BCUT2D eigenvalue weighted by molar-refractivity contribution is 5.97. The lowest BCUT2D eigenvalue weighted by Gasteiger charge is -2.23. The highest BCUT2D eigenvalue weighted by Crippen LogP contribution is 2.18. The first-order valence-corrected chi connectivity index (χ1v) is 8.11. The number of amides is 2. The Morgan fingerprint density at radius 3 is 2.52 bits per heavy atom. The smallest absolute Gasteiger partial charge is 0.257 e. The molecule has 0 spiro atoms. The number of nitrogens with zero attached hydrogens (tertiary/aromatic N) is 1. The summed E-state index contributed by atoms with van der Waals surface area (Å²) in [7, 11) is 0. The number of nitrogens with two attached hydrogens (primary N) is 1. The Labute approximate surface area is 146 Å². The van der Waals surface area contributed by atoms with E-state index in [2.05, 4.69) is 5.32 Å². The van der Waals surface area contributed by atoms with Gasteiger partial charge in [0, 0.05) is 25.7 Å². The summed E-state index contributed by atoms with van der Waals surface area (Å²) in [4.78, 5) is 25.6. The van der Waals surface area contributed by atoms with Crippen LogP contribution in [0.5, 0.6) is 0 Å². The van der Waals surface area contributed by atoms with E-state index < -0.39 is 11.7 Å². The zero-order chi connectivity index (χ0) is 18.2. The van der Waals surface area contributed by atoms with E-state index in [0.29, 0.717) is 31.7 Å². The molecule has 0 saturated heterocycles. The van der Waals surface area contributed by atoms with Crippen molar-refractivity contribution in [3.8, 4) is 0 Å². The van der Waals surface area contributed by atoms with Crippen molar-refractivity contribution in [2.24, 2.45) is 5.73 Å². The van der Waals surface area contributed by atoms with Gasteiger partial charge in [0.1, 0.15) is 5.82 Å². The van der Waals surface area contributed by atoms with Gasteiger partial charge in [0.2, 0.25) is 5.91 Å². The van der Waals surface area contributed by atoms with Crippen LogP contribution >= 0.6 is 0 Å². The summed E-state index contributed by atoms with van der Waals surface area (Å²) in [6.07, 6.45) is 0.617. The molecule has 2 amide bonds. The molecule has 0 radical (unpaired) electrons. The van der Waals surface area contributed by atoms with E-state index in [1.54, 1.807) is 4.90 Å². The Balaban J connectivity index is 2.27. The molecular formula is C19H22FN3O2. The van der Waals surface area contributed by atoms with Gasteiger partial charge in [-0.25, -0.2) is 4.39 Å². The van der Waals surface area contributed by atoms with Crippen molar-refractivity contribution in [2.45, 2.75) is 19.9 Å². The highest BCUT2D eigenvalue weighted by Gasteiger charge is 2.20. The molecule has 0 unspecified atom stereocenters. The highest BCUT2D eigenvalue weighted by atomic mass is 19.1. The zero-order valence-electron chi connectivity index (χ0n) is 14.2. The summed E-state index contributed by atoms with van der Waals surface area (Å²) in [6.45, 7) is 2.58.